The molecule has 21 heavy (non-hydrogen) atoms. The molecule has 0 aliphatic carbocycles. The van der Waals surface area contributed by atoms with Crippen molar-refractivity contribution >= 4 is 56.5 Å². The molecule has 1 heterocycles. The van der Waals surface area contributed by atoms with Gasteiger partial charge in [0.15, 0.2) is 5.16 Å². The van der Waals surface area contributed by atoms with Crippen LogP contribution in [0.5, 0.6) is 0 Å². The maximum absolute atomic E-state index is 10.8. The number of imidazole rings is 1. The van der Waals surface area contributed by atoms with Crippen LogP contribution in [-0.4, -0.2) is 37.4 Å². The molecule has 2 rings (SSSR count). The van der Waals surface area contributed by atoms with Crippen LogP contribution in [0, 0.1) is 0 Å². The molecule has 0 aliphatic rings. The smallest absolute Gasteiger partial charge is 0.313 e. The maximum Gasteiger partial charge on any atom is 0.313 e. The number of aromatic nitrogens is 2. The highest BCUT2D eigenvalue weighted by Gasteiger charge is 2.21. The van der Waals surface area contributed by atoms with E-state index >= 15 is 0 Å². The summed E-state index contributed by atoms with van der Waals surface area (Å²) in [5.74, 6) is -0.812. The fraction of sp³-hybridized carbons (Fsp3) is 0.429. The zero-order valence-corrected chi connectivity index (χ0v) is 15.3. The molecule has 0 atom stereocenters. The van der Waals surface area contributed by atoms with Gasteiger partial charge in [0.25, 0.3) is 0 Å². The number of hydrogen-bond donors (Lipinski definition) is 1. The van der Waals surface area contributed by atoms with Crippen LogP contribution >= 0.6 is 39.5 Å². The van der Waals surface area contributed by atoms with Crippen molar-refractivity contribution in [1.82, 2.24) is 9.55 Å². The molecule has 0 saturated heterocycles. The average Bonchev–Trinajstić information content (AvgIpc) is 2.74. The van der Waals surface area contributed by atoms with Gasteiger partial charge in [0.2, 0.25) is 0 Å². The lowest BCUT2D eigenvalue weighted by atomic mass is 10.2. The number of fused-ring (bicyclic) bond motifs is 1. The minimum absolute atomic E-state index is 0.0180. The predicted octanol–water partition coefficient (Wildman–Crippen LogP) is 4.12. The van der Waals surface area contributed by atoms with Crippen LogP contribution in [0.25, 0.3) is 11.0 Å². The summed E-state index contributed by atoms with van der Waals surface area (Å²) in [6.07, 6.45) is 2.08. The van der Waals surface area contributed by atoms with Crippen LogP contribution in [0.15, 0.2) is 27.8 Å². The van der Waals surface area contributed by atoms with Crippen molar-refractivity contribution in [2.24, 2.45) is 0 Å². The van der Waals surface area contributed by atoms with Crippen LogP contribution in [0.4, 0.5) is 0 Å². The molecular weight excluding hydrogens is 372 g/mol. The Morgan fingerprint density at radius 1 is 1.48 bits per heavy atom. The number of carboxylic acid groups (broad SMARTS) is 1. The van der Waals surface area contributed by atoms with E-state index in [9.17, 15) is 4.79 Å². The average molecular weight is 389 g/mol. The summed E-state index contributed by atoms with van der Waals surface area (Å²) in [5.41, 5.74) is 1.92. The van der Waals surface area contributed by atoms with E-state index in [2.05, 4.69) is 45.6 Å². The molecule has 0 aliphatic heterocycles. The highest BCUT2D eigenvalue weighted by atomic mass is 79.9. The summed E-state index contributed by atoms with van der Waals surface area (Å²) in [5, 5.41) is 9.65. The SMILES string of the molecule is CSC(C)(C)Cn1c(SCC(=O)O)nc2ccc(Br)cc21. The topological polar surface area (TPSA) is 55.1 Å². The number of benzene rings is 1. The van der Waals surface area contributed by atoms with E-state index in [4.69, 9.17) is 5.11 Å². The van der Waals surface area contributed by atoms with Gasteiger partial charge in [0, 0.05) is 15.8 Å². The fourth-order valence-electron chi connectivity index (χ4n) is 1.91. The number of nitrogens with zero attached hydrogens (tertiary/aromatic N) is 2. The van der Waals surface area contributed by atoms with Crippen LogP contribution in [0.3, 0.4) is 0 Å². The van der Waals surface area contributed by atoms with E-state index in [1.807, 2.05) is 18.2 Å². The Morgan fingerprint density at radius 3 is 2.81 bits per heavy atom. The fourth-order valence-corrected chi connectivity index (χ4v) is 3.25. The number of thioether (sulfide) groups is 2. The Kier molecular flexibility index (Phi) is 5.27. The van der Waals surface area contributed by atoms with Gasteiger partial charge in [-0.1, -0.05) is 27.7 Å². The lowest BCUT2D eigenvalue weighted by Crippen LogP contribution is -2.23. The van der Waals surface area contributed by atoms with Gasteiger partial charge in [-0.3, -0.25) is 4.79 Å². The number of carboxylic acids is 1. The largest absolute Gasteiger partial charge is 0.481 e. The monoisotopic (exact) mass is 388 g/mol. The number of halogens is 1. The van der Waals surface area contributed by atoms with Gasteiger partial charge in [0.1, 0.15) is 0 Å². The van der Waals surface area contributed by atoms with Gasteiger partial charge in [0.05, 0.1) is 16.8 Å². The molecule has 0 fully saturated rings. The molecule has 1 aromatic carbocycles. The molecule has 1 aromatic heterocycles. The summed E-state index contributed by atoms with van der Waals surface area (Å²) in [4.78, 5) is 15.4. The van der Waals surface area contributed by atoms with E-state index in [1.165, 1.54) is 11.8 Å². The van der Waals surface area contributed by atoms with E-state index in [0.29, 0.717) is 0 Å². The zero-order chi connectivity index (χ0) is 15.6. The maximum atomic E-state index is 10.8. The molecule has 0 saturated carbocycles. The normalized spacial score (nSPS) is 12.0. The summed E-state index contributed by atoms with van der Waals surface area (Å²) >= 11 is 6.54. The molecule has 4 nitrogen and oxygen atoms in total. The van der Waals surface area contributed by atoms with Gasteiger partial charge in [-0.05, 0) is 38.3 Å². The molecule has 7 heteroatoms. The lowest BCUT2D eigenvalue weighted by Gasteiger charge is -2.24. The molecule has 0 bridgehead atoms. The Balaban J connectivity index is 2.47. The molecule has 2 aromatic rings. The lowest BCUT2D eigenvalue weighted by molar-refractivity contribution is -0.133. The second-order valence-electron chi connectivity index (χ2n) is 5.26. The zero-order valence-electron chi connectivity index (χ0n) is 12.1. The van der Waals surface area contributed by atoms with Crippen LogP contribution in [0.2, 0.25) is 0 Å². The molecule has 114 valence electrons. The van der Waals surface area contributed by atoms with Crippen LogP contribution in [0.1, 0.15) is 13.8 Å². The van der Waals surface area contributed by atoms with Crippen LogP contribution in [-0.2, 0) is 11.3 Å². The first-order valence-electron chi connectivity index (χ1n) is 6.38. The third-order valence-electron chi connectivity index (χ3n) is 3.09. The van der Waals surface area contributed by atoms with Gasteiger partial charge in [-0.25, -0.2) is 4.98 Å². The summed E-state index contributed by atoms with van der Waals surface area (Å²) in [6, 6.07) is 5.93. The van der Waals surface area contributed by atoms with E-state index in [-0.39, 0.29) is 10.5 Å². The van der Waals surface area contributed by atoms with Crippen LogP contribution < -0.4 is 0 Å². The van der Waals surface area contributed by atoms with Crippen molar-refractivity contribution in [1.29, 1.82) is 0 Å². The molecule has 1 N–H and O–H groups in total. The second kappa shape index (κ2) is 6.62. The van der Waals surface area contributed by atoms with Gasteiger partial charge < -0.3 is 9.67 Å². The highest BCUT2D eigenvalue weighted by Crippen LogP contribution is 2.31. The molecular formula is C14H17BrN2O2S2. The Bertz CT molecular complexity index is 670. The predicted molar refractivity (Wildman–Crippen MR) is 93.4 cm³/mol. The number of rotatable bonds is 6. The van der Waals surface area contributed by atoms with E-state index in [0.717, 1.165) is 27.2 Å². The standard InChI is InChI=1S/C14H17BrN2O2S2/c1-14(2,20-3)8-17-11-6-9(15)4-5-10(11)16-13(17)21-7-12(18)19/h4-6H,7-8H2,1-3H3,(H,18,19). The molecule has 0 radical (unpaired) electrons. The quantitative estimate of drug-likeness (QED) is 0.754. The van der Waals surface area contributed by atoms with Gasteiger partial charge in [-0.2, -0.15) is 11.8 Å². The van der Waals surface area contributed by atoms with Crippen molar-refractivity contribution in [2.45, 2.75) is 30.3 Å². The highest BCUT2D eigenvalue weighted by molar-refractivity contribution is 9.10. The Labute approximate surface area is 140 Å². The Morgan fingerprint density at radius 2 is 2.19 bits per heavy atom. The summed E-state index contributed by atoms with van der Waals surface area (Å²) < 4.78 is 3.16. The first kappa shape index (κ1) is 16.7. The number of aliphatic carboxylic acids is 1. The first-order valence-corrected chi connectivity index (χ1v) is 9.38. The van der Waals surface area contributed by atoms with Crippen molar-refractivity contribution in [3.63, 3.8) is 0 Å². The van der Waals surface area contributed by atoms with Gasteiger partial charge >= 0.3 is 5.97 Å². The van der Waals surface area contributed by atoms with Crippen molar-refractivity contribution < 1.29 is 9.90 Å². The second-order valence-corrected chi connectivity index (χ2v) is 8.63. The van der Waals surface area contributed by atoms with E-state index in [1.54, 1.807) is 11.8 Å². The minimum atomic E-state index is -0.830. The van der Waals surface area contributed by atoms with Crippen molar-refractivity contribution in [2.75, 3.05) is 12.0 Å². The third-order valence-corrected chi connectivity index (χ3v) is 5.78. The van der Waals surface area contributed by atoms with Crippen molar-refractivity contribution in [3.8, 4) is 0 Å². The summed E-state index contributed by atoms with van der Waals surface area (Å²) in [6.45, 7) is 5.13. The Hall–Kier alpha value is -0.660. The summed E-state index contributed by atoms with van der Waals surface area (Å²) in [7, 11) is 0. The van der Waals surface area contributed by atoms with Crippen molar-refractivity contribution in [3.05, 3.63) is 22.7 Å². The third kappa shape index (κ3) is 4.17. The molecule has 0 amide bonds. The first-order chi connectivity index (χ1) is 9.82. The van der Waals surface area contributed by atoms with E-state index < -0.39 is 5.97 Å². The minimum Gasteiger partial charge on any atom is -0.481 e. The molecule has 0 spiro atoms. The molecule has 0 unspecified atom stereocenters. The van der Waals surface area contributed by atoms with Gasteiger partial charge in [-0.15, -0.1) is 0 Å². The number of hydrogen-bond acceptors (Lipinski definition) is 4. The number of carbonyl (C=O) groups is 1.